The van der Waals surface area contributed by atoms with E-state index < -0.39 is 23.1 Å². The fourth-order valence-corrected chi connectivity index (χ4v) is 3.98. The van der Waals surface area contributed by atoms with Gasteiger partial charge in [0.25, 0.3) is 0 Å². The molecule has 1 aromatic heterocycles. The average molecular weight is 398 g/mol. The van der Waals surface area contributed by atoms with E-state index >= 15 is 0 Å². The third kappa shape index (κ3) is 3.09. The monoisotopic (exact) mass is 398 g/mol. The van der Waals surface area contributed by atoms with E-state index in [1.54, 1.807) is 45.3 Å². The van der Waals surface area contributed by atoms with Gasteiger partial charge in [0.15, 0.2) is 0 Å². The highest BCUT2D eigenvalue weighted by atomic mass is 16.6. The van der Waals surface area contributed by atoms with Crippen molar-refractivity contribution in [3.63, 3.8) is 0 Å². The Balaban J connectivity index is 1.99. The van der Waals surface area contributed by atoms with E-state index in [-0.39, 0.29) is 11.6 Å². The number of hydrogen-bond donors (Lipinski definition) is 1. The zero-order valence-corrected chi connectivity index (χ0v) is 17.4. The van der Waals surface area contributed by atoms with Crippen LogP contribution in [0.5, 0.6) is 0 Å². The summed E-state index contributed by atoms with van der Waals surface area (Å²) in [4.78, 5) is 39.2. The third-order valence-electron chi connectivity index (χ3n) is 5.60. The molecule has 1 aromatic carbocycles. The van der Waals surface area contributed by atoms with Gasteiger partial charge >= 0.3 is 12.1 Å². The second-order valence-electron chi connectivity index (χ2n) is 9.53. The minimum absolute atomic E-state index is 0.168. The Hall–Kier alpha value is -2.83. The van der Waals surface area contributed by atoms with Crippen molar-refractivity contribution in [2.75, 3.05) is 4.90 Å². The molecule has 0 atom stereocenters. The van der Waals surface area contributed by atoms with Gasteiger partial charge in [-0.1, -0.05) is 12.1 Å². The molecule has 1 saturated carbocycles. The summed E-state index contributed by atoms with van der Waals surface area (Å²) in [5.41, 5.74) is 0.241. The standard InChI is InChI=1S/C22H26N2O5/c1-21(2,3)29-20(28)24-17-14(22(4,5)19(24)27)9-8-13-10-15(18(25)26)23(16(13)17)11-12-6-7-12/h8-10,12H,6-7,11H2,1-5H3,(H,25,26). The van der Waals surface area contributed by atoms with E-state index in [2.05, 4.69) is 0 Å². The second-order valence-corrected chi connectivity index (χ2v) is 9.53. The Morgan fingerprint density at radius 2 is 1.90 bits per heavy atom. The molecule has 0 bridgehead atoms. The number of nitrogens with zero attached hydrogens (tertiary/aromatic N) is 2. The number of imide groups is 1. The zero-order chi connectivity index (χ0) is 21.3. The molecular weight excluding hydrogens is 372 g/mol. The Morgan fingerprint density at radius 3 is 2.45 bits per heavy atom. The second kappa shape index (κ2) is 6.08. The average Bonchev–Trinajstić information content (AvgIpc) is 3.28. The number of carboxylic acid groups (broad SMARTS) is 1. The number of hydrogen-bond acceptors (Lipinski definition) is 4. The van der Waals surface area contributed by atoms with E-state index in [0.29, 0.717) is 34.6 Å². The lowest BCUT2D eigenvalue weighted by Gasteiger charge is -2.25. The van der Waals surface area contributed by atoms with E-state index in [1.807, 2.05) is 12.1 Å². The number of aromatic carboxylic acids is 1. The van der Waals surface area contributed by atoms with Crippen molar-refractivity contribution in [1.82, 2.24) is 4.57 Å². The number of fused-ring (bicyclic) bond motifs is 3. The molecule has 2 amide bonds. The molecule has 0 radical (unpaired) electrons. The van der Waals surface area contributed by atoms with Crippen LogP contribution >= 0.6 is 0 Å². The van der Waals surface area contributed by atoms with E-state index in [1.165, 1.54) is 0 Å². The van der Waals surface area contributed by atoms with E-state index in [4.69, 9.17) is 4.74 Å². The fourth-order valence-electron chi connectivity index (χ4n) is 3.98. The summed E-state index contributed by atoms with van der Waals surface area (Å²) in [5.74, 6) is -0.979. The van der Waals surface area contributed by atoms with Crippen LogP contribution in [-0.2, 0) is 21.5 Å². The van der Waals surface area contributed by atoms with Crippen LogP contribution in [0.4, 0.5) is 10.5 Å². The molecule has 0 spiro atoms. The third-order valence-corrected chi connectivity index (χ3v) is 5.60. The van der Waals surface area contributed by atoms with Crippen molar-refractivity contribution in [2.45, 2.75) is 65.0 Å². The number of anilines is 1. The van der Waals surface area contributed by atoms with Crippen molar-refractivity contribution >= 4 is 34.6 Å². The number of ether oxygens (including phenoxy) is 1. The highest BCUT2D eigenvalue weighted by molar-refractivity contribution is 6.25. The first-order valence-corrected chi connectivity index (χ1v) is 9.89. The van der Waals surface area contributed by atoms with Crippen LogP contribution in [0.3, 0.4) is 0 Å². The van der Waals surface area contributed by atoms with Crippen molar-refractivity contribution in [1.29, 1.82) is 0 Å². The van der Waals surface area contributed by atoms with Gasteiger partial charge in [-0.25, -0.2) is 14.5 Å². The SMILES string of the molecule is CC(C)(C)OC(=O)N1C(=O)C(C)(C)c2ccc3cc(C(=O)O)n(CC4CC4)c3c21. The maximum Gasteiger partial charge on any atom is 0.421 e. The van der Waals surface area contributed by atoms with Gasteiger partial charge in [-0.3, -0.25) is 4.79 Å². The molecule has 0 saturated heterocycles. The smallest absolute Gasteiger partial charge is 0.421 e. The number of aromatic nitrogens is 1. The Labute approximate surface area is 169 Å². The largest absolute Gasteiger partial charge is 0.477 e. The van der Waals surface area contributed by atoms with Gasteiger partial charge in [0.1, 0.15) is 11.3 Å². The molecule has 1 aliphatic heterocycles. The normalized spacial score (nSPS) is 18.2. The Bertz CT molecular complexity index is 1050. The highest BCUT2D eigenvalue weighted by Crippen LogP contribution is 2.47. The quantitative estimate of drug-likeness (QED) is 0.832. The number of carboxylic acids is 1. The lowest BCUT2D eigenvalue weighted by Crippen LogP contribution is -2.43. The molecule has 2 aliphatic rings. The maximum absolute atomic E-state index is 13.2. The minimum Gasteiger partial charge on any atom is -0.477 e. The van der Waals surface area contributed by atoms with Gasteiger partial charge in [-0.15, -0.1) is 0 Å². The van der Waals surface area contributed by atoms with Gasteiger partial charge in [-0.2, -0.15) is 0 Å². The summed E-state index contributed by atoms with van der Waals surface area (Å²) in [6, 6.07) is 5.26. The van der Waals surface area contributed by atoms with Crippen LogP contribution in [0.15, 0.2) is 18.2 Å². The van der Waals surface area contributed by atoms with Crippen molar-refractivity contribution < 1.29 is 24.2 Å². The van der Waals surface area contributed by atoms with Gasteiger partial charge in [-0.05, 0) is 65.0 Å². The predicted molar refractivity (Wildman–Crippen MR) is 108 cm³/mol. The Kier molecular flexibility index (Phi) is 4.09. The first kappa shape index (κ1) is 19.5. The van der Waals surface area contributed by atoms with E-state index in [9.17, 15) is 19.5 Å². The van der Waals surface area contributed by atoms with Crippen LogP contribution in [0.1, 0.15) is 63.5 Å². The van der Waals surface area contributed by atoms with Gasteiger partial charge in [0.2, 0.25) is 5.91 Å². The van der Waals surface area contributed by atoms with Crippen LogP contribution < -0.4 is 4.90 Å². The fraction of sp³-hybridized carbons (Fsp3) is 0.500. The summed E-state index contributed by atoms with van der Waals surface area (Å²) in [7, 11) is 0. The molecule has 29 heavy (non-hydrogen) atoms. The van der Waals surface area contributed by atoms with Gasteiger partial charge in [0, 0.05) is 11.9 Å². The number of carbonyl (C=O) groups excluding carboxylic acids is 2. The first-order chi connectivity index (χ1) is 13.4. The molecule has 7 nitrogen and oxygen atoms in total. The number of benzene rings is 1. The number of rotatable bonds is 3. The topological polar surface area (TPSA) is 88.8 Å². The maximum atomic E-state index is 13.2. The van der Waals surface area contributed by atoms with Crippen molar-refractivity contribution in [3.05, 3.63) is 29.5 Å². The van der Waals surface area contributed by atoms with Gasteiger partial charge in [0.05, 0.1) is 16.6 Å². The number of amides is 2. The van der Waals surface area contributed by atoms with Crippen LogP contribution in [0.2, 0.25) is 0 Å². The molecule has 2 heterocycles. The predicted octanol–water partition coefficient (Wildman–Crippen LogP) is 4.31. The summed E-state index contributed by atoms with van der Waals surface area (Å²) >= 11 is 0. The molecule has 1 fully saturated rings. The summed E-state index contributed by atoms with van der Waals surface area (Å²) < 4.78 is 7.27. The van der Waals surface area contributed by atoms with Crippen LogP contribution in [0, 0.1) is 5.92 Å². The highest BCUT2D eigenvalue weighted by Gasteiger charge is 2.49. The molecule has 7 heteroatoms. The summed E-state index contributed by atoms with van der Waals surface area (Å²) in [6.45, 7) is 9.34. The molecule has 2 aromatic rings. The van der Waals surface area contributed by atoms with E-state index in [0.717, 1.165) is 17.7 Å². The lowest BCUT2D eigenvalue weighted by atomic mass is 9.86. The molecule has 1 aliphatic carbocycles. The lowest BCUT2D eigenvalue weighted by molar-refractivity contribution is -0.121. The zero-order valence-electron chi connectivity index (χ0n) is 17.4. The van der Waals surface area contributed by atoms with Gasteiger partial charge < -0.3 is 14.4 Å². The summed E-state index contributed by atoms with van der Waals surface area (Å²) in [5, 5.41) is 10.4. The minimum atomic E-state index is -1.02. The molecular formula is C22H26N2O5. The molecule has 1 N–H and O–H groups in total. The molecule has 154 valence electrons. The van der Waals surface area contributed by atoms with Crippen LogP contribution in [-0.4, -0.2) is 33.2 Å². The molecule has 4 rings (SSSR count). The molecule has 0 unspecified atom stereocenters. The van der Waals surface area contributed by atoms with Crippen molar-refractivity contribution in [2.24, 2.45) is 5.92 Å². The Morgan fingerprint density at radius 1 is 1.24 bits per heavy atom. The first-order valence-electron chi connectivity index (χ1n) is 9.89. The summed E-state index contributed by atoms with van der Waals surface area (Å²) in [6.07, 6.45) is 1.36. The van der Waals surface area contributed by atoms with Crippen LogP contribution in [0.25, 0.3) is 10.9 Å². The number of carbonyl (C=O) groups is 3. The van der Waals surface area contributed by atoms with Crippen molar-refractivity contribution in [3.8, 4) is 0 Å².